The number of fused-ring (bicyclic) bond motifs is 1. The highest BCUT2D eigenvalue weighted by Gasteiger charge is 2.23. The van der Waals surface area contributed by atoms with Crippen LogP contribution in [-0.4, -0.2) is 15.1 Å². The molecule has 3 nitrogen and oxygen atoms in total. The van der Waals surface area contributed by atoms with Gasteiger partial charge in [0.15, 0.2) is 0 Å². The number of nitrogens with zero attached hydrogens (tertiary/aromatic N) is 1. The number of pyridine rings is 1. The van der Waals surface area contributed by atoms with Gasteiger partial charge in [0.2, 0.25) is 0 Å². The van der Waals surface area contributed by atoms with Crippen molar-refractivity contribution >= 4 is 10.9 Å². The minimum Gasteiger partial charge on any atom is -0.508 e. The number of H-pyrrole nitrogens is 1. The summed E-state index contributed by atoms with van der Waals surface area (Å²) in [4.78, 5) is 7.54. The van der Waals surface area contributed by atoms with E-state index < -0.39 is 0 Å². The van der Waals surface area contributed by atoms with E-state index in [1.807, 2.05) is 54.6 Å². The van der Waals surface area contributed by atoms with Gasteiger partial charge in [0.05, 0.1) is 5.92 Å². The number of rotatable bonds is 4. The van der Waals surface area contributed by atoms with Crippen LogP contribution in [0.2, 0.25) is 0 Å². The summed E-state index contributed by atoms with van der Waals surface area (Å²) in [5, 5.41) is 11.7. The third-order valence-electron chi connectivity index (χ3n) is 5.40. The van der Waals surface area contributed by atoms with Gasteiger partial charge in [0, 0.05) is 29.2 Å². The van der Waals surface area contributed by atoms with Gasteiger partial charge in [-0.05, 0) is 64.5 Å². The normalized spacial score (nSPS) is 12.2. The molecule has 0 spiro atoms. The van der Waals surface area contributed by atoms with E-state index >= 15 is 0 Å². The van der Waals surface area contributed by atoms with Gasteiger partial charge < -0.3 is 10.1 Å². The van der Waals surface area contributed by atoms with Crippen molar-refractivity contribution in [2.75, 3.05) is 0 Å². The Bertz CT molecular complexity index is 1290. The van der Waals surface area contributed by atoms with Gasteiger partial charge in [-0.15, -0.1) is 0 Å². The number of nitrogens with one attached hydrogen (secondary N) is 1. The Morgan fingerprint density at radius 2 is 1.63 bits per heavy atom. The fourth-order valence-electron chi connectivity index (χ4n) is 3.98. The fraction of sp³-hybridized carbons (Fsp3) is 0.0385. The molecule has 0 saturated heterocycles. The maximum atomic E-state index is 14.2. The van der Waals surface area contributed by atoms with Crippen LogP contribution in [0.15, 0.2) is 97.3 Å². The van der Waals surface area contributed by atoms with Gasteiger partial charge in [-0.25, -0.2) is 4.39 Å². The maximum absolute atomic E-state index is 14.2. The summed E-state index contributed by atoms with van der Waals surface area (Å²) in [5.74, 6) is -0.668. The smallest absolute Gasteiger partial charge is 0.123 e. The Morgan fingerprint density at radius 3 is 2.47 bits per heavy atom. The second kappa shape index (κ2) is 7.48. The van der Waals surface area contributed by atoms with Crippen LogP contribution in [0.25, 0.3) is 22.0 Å². The second-order valence-electron chi connectivity index (χ2n) is 7.31. The molecule has 2 aromatic heterocycles. The molecule has 0 radical (unpaired) electrons. The van der Waals surface area contributed by atoms with Crippen molar-refractivity contribution in [2.24, 2.45) is 0 Å². The summed E-state index contributed by atoms with van der Waals surface area (Å²) in [6.07, 6.45) is 3.52. The first-order chi connectivity index (χ1) is 14.7. The Kier molecular flexibility index (Phi) is 4.52. The summed E-state index contributed by atoms with van der Waals surface area (Å²) in [7, 11) is 0. The standard InChI is InChI=1S/C26H19FN2O/c27-21-8-9-25(30)22(16-21)26(24-15-19-4-1-2-7-23(19)29-24)20-6-3-5-18(14-20)17-10-12-28-13-11-17/h1-16,26,29-30H/t26-/m1/s1. The first-order valence-corrected chi connectivity index (χ1v) is 9.75. The van der Waals surface area contributed by atoms with E-state index in [1.165, 1.54) is 18.2 Å². The van der Waals surface area contributed by atoms with E-state index in [2.05, 4.69) is 22.1 Å². The maximum Gasteiger partial charge on any atom is 0.123 e. The van der Waals surface area contributed by atoms with Crippen molar-refractivity contribution in [3.8, 4) is 16.9 Å². The third-order valence-corrected chi connectivity index (χ3v) is 5.40. The minimum atomic E-state index is -0.380. The van der Waals surface area contributed by atoms with Gasteiger partial charge in [-0.3, -0.25) is 4.98 Å². The second-order valence-corrected chi connectivity index (χ2v) is 7.31. The molecule has 0 aliphatic rings. The molecular weight excluding hydrogens is 375 g/mol. The predicted molar refractivity (Wildman–Crippen MR) is 117 cm³/mol. The average Bonchev–Trinajstić information content (AvgIpc) is 3.21. The molecule has 0 fully saturated rings. The molecule has 1 atom stereocenters. The molecule has 0 aliphatic carbocycles. The Labute approximate surface area is 173 Å². The van der Waals surface area contributed by atoms with Crippen molar-refractivity contribution in [3.05, 3.63) is 120 Å². The van der Waals surface area contributed by atoms with Crippen molar-refractivity contribution < 1.29 is 9.50 Å². The van der Waals surface area contributed by atoms with Gasteiger partial charge in [-0.2, -0.15) is 0 Å². The van der Waals surface area contributed by atoms with E-state index in [0.717, 1.165) is 33.3 Å². The summed E-state index contributed by atoms with van der Waals surface area (Å²) in [6, 6.07) is 26.2. The van der Waals surface area contributed by atoms with Crippen LogP contribution in [0.3, 0.4) is 0 Å². The van der Waals surface area contributed by atoms with Gasteiger partial charge >= 0.3 is 0 Å². The zero-order chi connectivity index (χ0) is 20.5. The molecule has 0 saturated carbocycles. The van der Waals surface area contributed by atoms with Crippen LogP contribution in [0.5, 0.6) is 5.75 Å². The van der Waals surface area contributed by atoms with Crippen LogP contribution < -0.4 is 0 Å². The fourth-order valence-corrected chi connectivity index (χ4v) is 3.98. The third kappa shape index (κ3) is 3.33. The van der Waals surface area contributed by atoms with Gasteiger partial charge in [-0.1, -0.05) is 42.5 Å². The lowest BCUT2D eigenvalue weighted by atomic mass is 9.86. The van der Waals surface area contributed by atoms with Crippen molar-refractivity contribution in [3.63, 3.8) is 0 Å². The summed E-state index contributed by atoms with van der Waals surface area (Å²) >= 11 is 0. The molecule has 146 valence electrons. The van der Waals surface area contributed by atoms with Crippen molar-refractivity contribution in [2.45, 2.75) is 5.92 Å². The summed E-state index contributed by atoms with van der Waals surface area (Å²) < 4.78 is 14.2. The number of hydrogen-bond donors (Lipinski definition) is 2. The number of halogens is 1. The van der Waals surface area contributed by atoms with Crippen LogP contribution in [0, 0.1) is 5.82 Å². The van der Waals surface area contributed by atoms with Gasteiger partial charge in [0.25, 0.3) is 0 Å². The highest BCUT2D eigenvalue weighted by molar-refractivity contribution is 5.81. The van der Waals surface area contributed by atoms with E-state index in [4.69, 9.17) is 0 Å². The van der Waals surface area contributed by atoms with E-state index in [0.29, 0.717) is 5.56 Å². The quantitative estimate of drug-likeness (QED) is 0.378. The average molecular weight is 394 g/mol. The molecule has 30 heavy (non-hydrogen) atoms. The van der Waals surface area contributed by atoms with Crippen LogP contribution >= 0.6 is 0 Å². The molecule has 0 amide bonds. The SMILES string of the molecule is Oc1ccc(F)cc1[C@@H](c1cccc(-c2ccncc2)c1)c1cc2ccccc2[nH]1. The number of hydrogen-bond acceptors (Lipinski definition) is 2. The minimum absolute atomic E-state index is 0.0642. The van der Waals surface area contributed by atoms with Crippen molar-refractivity contribution in [1.29, 1.82) is 0 Å². The van der Waals surface area contributed by atoms with E-state index in [-0.39, 0.29) is 17.5 Å². The number of aromatic nitrogens is 2. The molecule has 5 aromatic rings. The molecule has 0 unspecified atom stereocenters. The monoisotopic (exact) mass is 394 g/mol. The largest absolute Gasteiger partial charge is 0.508 e. The first-order valence-electron chi connectivity index (χ1n) is 9.75. The van der Waals surface area contributed by atoms with Crippen LogP contribution in [0.1, 0.15) is 22.7 Å². The number of phenols is 1. The lowest BCUT2D eigenvalue weighted by molar-refractivity contribution is 0.464. The molecular formula is C26H19FN2O. The number of aromatic hydroxyl groups is 1. The number of para-hydroxylation sites is 1. The summed E-state index contributed by atoms with van der Waals surface area (Å²) in [6.45, 7) is 0. The topological polar surface area (TPSA) is 48.9 Å². The lowest BCUT2D eigenvalue weighted by Crippen LogP contribution is -2.05. The predicted octanol–water partition coefficient (Wildman–Crippen LogP) is 6.25. The molecule has 2 heterocycles. The molecule has 4 heteroatoms. The van der Waals surface area contributed by atoms with E-state index in [1.54, 1.807) is 12.4 Å². The number of phenolic OH excluding ortho intramolecular Hbond substituents is 1. The molecule has 0 aliphatic heterocycles. The summed E-state index contributed by atoms with van der Waals surface area (Å²) in [5.41, 5.74) is 5.45. The van der Waals surface area contributed by atoms with Crippen molar-refractivity contribution in [1.82, 2.24) is 9.97 Å². The van der Waals surface area contributed by atoms with Crippen LogP contribution in [-0.2, 0) is 0 Å². The Hall–Kier alpha value is -3.92. The molecule has 3 aromatic carbocycles. The van der Waals surface area contributed by atoms with Crippen LogP contribution in [0.4, 0.5) is 4.39 Å². The first kappa shape index (κ1) is 18.1. The highest BCUT2D eigenvalue weighted by Crippen LogP contribution is 2.39. The van der Waals surface area contributed by atoms with E-state index in [9.17, 15) is 9.50 Å². The Balaban J connectivity index is 1.71. The number of benzene rings is 3. The zero-order valence-electron chi connectivity index (χ0n) is 16.1. The number of aromatic amines is 1. The lowest BCUT2D eigenvalue weighted by Gasteiger charge is -2.19. The Morgan fingerprint density at radius 1 is 0.800 bits per heavy atom. The molecule has 0 bridgehead atoms. The zero-order valence-corrected chi connectivity index (χ0v) is 16.1. The molecule has 5 rings (SSSR count). The van der Waals surface area contributed by atoms with Gasteiger partial charge in [0.1, 0.15) is 11.6 Å². The molecule has 2 N–H and O–H groups in total. The highest BCUT2D eigenvalue weighted by atomic mass is 19.1.